The highest BCUT2D eigenvalue weighted by atomic mass is 35.5. The lowest BCUT2D eigenvalue weighted by atomic mass is 10.1. The van der Waals surface area contributed by atoms with E-state index in [9.17, 15) is 0 Å². The van der Waals surface area contributed by atoms with Gasteiger partial charge < -0.3 is 15.8 Å². The molecule has 2 rings (SSSR count). The van der Waals surface area contributed by atoms with Gasteiger partial charge in [-0.1, -0.05) is 17.7 Å². The van der Waals surface area contributed by atoms with Crippen molar-refractivity contribution in [3.05, 3.63) is 28.8 Å². The van der Waals surface area contributed by atoms with Crippen molar-refractivity contribution in [2.75, 3.05) is 12.8 Å². The molecule has 0 heterocycles. The van der Waals surface area contributed by atoms with Crippen LogP contribution in [-0.4, -0.2) is 19.3 Å². The number of nitrogens with two attached hydrogens (primary N) is 1. The molecule has 2 unspecified atom stereocenters. The molecular formula is C13H19ClN2O. The summed E-state index contributed by atoms with van der Waals surface area (Å²) in [7, 11) is 1.78. The van der Waals surface area contributed by atoms with Gasteiger partial charge in [-0.15, -0.1) is 0 Å². The van der Waals surface area contributed by atoms with Gasteiger partial charge in [0.25, 0.3) is 0 Å². The second-order valence-electron chi connectivity index (χ2n) is 4.55. The molecule has 2 atom stereocenters. The largest absolute Gasteiger partial charge is 0.398 e. The first kappa shape index (κ1) is 12.7. The van der Waals surface area contributed by atoms with Gasteiger partial charge in [0.1, 0.15) is 0 Å². The number of benzene rings is 1. The Morgan fingerprint density at radius 3 is 3.00 bits per heavy atom. The van der Waals surface area contributed by atoms with E-state index in [4.69, 9.17) is 22.1 Å². The van der Waals surface area contributed by atoms with Gasteiger partial charge in [-0.3, -0.25) is 0 Å². The van der Waals surface area contributed by atoms with Crippen molar-refractivity contribution in [1.82, 2.24) is 5.32 Å². The number of hydrogen-bond acceptors (Lipinski definition) is 3. The summed E-state index contributed by atoms with van der Waals surface area (Å²) in [5, 5.41) is 4.14. The fraction of sp³-hybridized carbons (Fsp3) is 0.538. The van der Waals surface area contributed by atoms with Crippen molar-refractivity contribution in [3.63, 3.8) is 0 Å². The molecule has 0 aliphatic heterocycles. The third-order valence-corrected chi connectivity index (χ3v) is 3.73. The van der Waals surface area contributed by atoms with Crippen LogP contribution in [0.4, 0.5) is 5.69 Å². The lowest BCUT2D eigenvalue weighted by Crippen LogP contribution is -2.36. The van der Waals surface area contributed by atoms with E-state index in [1.807, 2.05) is 18.2 Å². The van der Waals surface area contributed by atoms with Crippen LogP contribution in [0, 0.1) is 0 Å². The first-order valence-electron chi connectivity index (χ1n) is 6.01. The first-order chi connectivity index (χ1) is 8.20. The Morgan fingerprint density at radius 2 is 2.29 bits per heavy atom. The molecule has 1 aromatic carbocycles. The number of hydrogen-bond donors (Lipinski definition) is 2. The number of ether oxygens (including phenoxy) is 1. The van der Waals surface area contributed by atoms with Gasteiger partial charge in [-0.2, -0.15) is 0 Å². The topological polar surface area (TPSA) is 47.3 Å². The molecule has 0 bridgehead atoms. The van der Waals surface area contributed by atoms with Crippen molar-refractivity contribution in [1.29, 1.82) is 0 Å². The van der Waals surface area contributed by atoms with Gasteiger partial charge in [0.05, 0.1) is 16.8 Å². The van der Waals surface area contributed by atoms with E-state index in [0.717, 1.165) is 18.5 Å². The van der Waals surface area contributed by atoms with Crippen LogP contribution >= 0.6 is 11.6 Å². The normalized spacial score (nSPS) is 24.1. The van der Waals surface area contributed by atoms with E-state index in [2.05, 4.69) is 5.32 Å². The predicted octanol–water partition coefficient (Wildman–Crippen LogP) is 2.58. The number of anilines is 1. The van der Waals surface area contributed by atoms with E-state index in [0.29, 0.717) is 22.9 Å². The molecule has 17 heavy (non-hydrogen) atoms. The zero-order valence-electron chi connectivity index (χ0n) is 10.1. The second kappa shape index (κ2) is 5.71. The molecule has 0 amide bonds. The summed E-state index contributed by atoms with van der Waals surface area (Å²) < 4.78 is 5.45. The SMILES string of the molecule is COC1CCCC1NCc1ccc(Cl)c(N)c1. The molecule has 1 aliphatic carbocycles. The minimum Gasteiger partial charge on any atom is -0.398 e. The van der Waals surface area contributed by atoms with Crippen LogP contribution in [0.1, 0.15) is 24.8 Å². The lowest BCUT2D eigenvalue weighted by molar-refractivity contribution is 0.0847. The van der Waals surface area contributed by atoms with E-state index in [1.165, 1.54) is 12.8 Å². The zero-order chi connectivity index (χ0) is 12.3. The van der Waals surface area contributed by atoms with Crippen molar-refractivity contribution in [3.8, 4) is 0 Å². The maximum Gasteiger partial charge on any atom is 0.0724 e. The molecule has 1 aromatic rings. The fourth-order valence-electron chi connectivity index (χ4n) is 2.39. The van der Waals surface area contributed by atoms with E-state index >= 15 is 0 Å². The maximum absolute atomic E-state index is 5.89. The molecular weight excluding hydrogens is 236 g/mol. The summed E-state index contributed by atoms with van der Waals surface area (Å²) >= 11 is 5.89. The van der Waals surface area contributed by atoms with Gasteiger partial charge in [-0.25, -0.2) is 0 Å². The molecule has 0 saturated heterocycles. The minimum absolute atomic E-state index is 0.347. The molecule has 1 saturated carbocycles. The first-order valence-corrected chi connectivity index (χ1v) is 6.38. The Labute approximate surface area is 107 Å². The van der Waals surface area contributed by atoms with E-state index in [-0.39, 0.29) is 0 Å². The van der Waals surface area contributed by atoms with Gasteiger partial charge in [-0.05, 0) is 37.0 Å². The Hall–Kier alpha value is -0.770. The van der Waals surface area contributed by atoms with Crippen LogP contribution in [0.25, 0.3) is 0 Å². The number of rotatable bonds is 4. The number of methoxy groups -OCH3 is 1. The summed E-state index contributed by atoms with van der Waals surface area (Å²) in [4.78, 5) is 0. The quantitative estimate of drug-likeness (QED) is 0.812. The molecule has 3 nitrogen and oxygen atoms in total. The summed E-state index contributed by atoms with van der Waals surface area (Å²) in [5.41, 5.74) is 7.57. The molecule has 0 aromatic heterocycles. The Balaban J connectivity index is 1.91. The lowest BCUT2D eigenvalue weighted by Gasteiger charge is -2.19. The molecule has 1 aliphatic rings. The van der Waals surface area contributed by atoms with Gasteiger partial charge in [0.2, 0.25) is 0 Å². The van der Waals surface area contributed by atoms with Crippen LogP contribution in [0.15, 0.2) is 18.2 Å². The average molecular weight is 255 g/mol. The summed E-state index contributed by atoms with van der Waals surface area (Å²) in [6.07, 6.45) is 3.91. The fourth-order valence-corrected chi connectivity index (χ4v) is 2.51. The average Bonchev–Trinajstić information content (AvgIpc) is 2.78. The Bertz CT molecular complexity index is 384. The smallest absolute Gasteiger partial charge is 0.0724 e. The van der Waals surface area contributed by atoms with Crippen molar-refractivity contribution in [2.24, 2.45) is 0 Å². The standard InChI is InChI=1S/C13H19ClN2O/c1-17-13-4-2-3-12(13)16-8-9-5-6-10(14)11(15)7-9/h5-7,12-13,16H,2-4,8,15H2,1H3. The highest BCUT2D eigenvalue weighted by Crippen LogP contribution is 2.23. The monoisotopic (exact) mass is 254 g/mol. The zero-order valence-corrected chi connectivity index (χ0v) is 10.8. The van der Waals surface area contributed by atoms with Crippen LogP contribution < -0.4 is 11.1 Å². The summed E-state index contributed by atoms with van der Waals surface area (Å²) in [6.45, 7) is 0.811. The molecule has 0 spiro atoms. The highest BCUT2D eigenvalue weighted by Gasteiger charge is 2.26. The third kappa shape index (κ3) is 3.12. The van der Waals surface area contributed by atoms with Gasteiger partial charge in [0.15, 0.2) is 0 Å². The maximum atomic E-state index is 5.89. The predicted molar refractivity (Wildman–Crippen MR) is 71.1 cm³/mol. The second-order valence-corrected chi connectivity index (χ2v) is 4.96. The molecule has 94 valence electrons. The molecule has 4 heteroatoms. The molecule has 1 fully saturated rings. The minimum atomic E-state index is 0.347. The van der Waals surface area contributed by atoms with Crippen molar-refractivity contribution >= 4 is 17.3 Å². The van der Waals surface area contributed by atoms with Gasteiger partial charge >= 0.3 is 0 Å². The van der Waals surface area contributed by atoms with Crippen LogP contribution in [0.3, 0.4) is 0 Å². The Kier molecular flexibility index (Phi) is 4.26. The van der Waals surface area contributed by atoms with Crippen LogP contribution in [-0.2, 0) is 11.3 Å². The van der Waals surface area contributed by atoms with Crippen LogP contribution in [0.5, 0.6) is 0 Å². The third-order valence-electron chi connectivity index (χ3n) is 3.38. The van der Waals surface area contributed by atoms with E-state index in [1.54, 1.807) is 7.11 Å². The molecule has 0 radical (unpaired) electrons. The Morgan fingerprint density at radius 1 is 1.47 bits per heavy atom. The van der Waals surface area contributed by atoms with Crippen molar-refractivity contribution < 1.29 is 4.74 Å². The molecule has 3 N–H and O–H groups in total. The summed E-state index contributed by atoms with van der Waals surface area (Å²) in [5.74, 6) is 0. The highest BCUT2D eigenvalue weighted by molar-refractivity contribution is 6.33. The number of halogens is 1. The summed E-state index contributed by atoms with van der Waals surface area (Å²) in [6, 6.07) is 6.22. The van der Waals surface area contributed by atoms with Gasteiger partial charge in [0, 0.05) is 19.7 Å². The van der Waals surface area contributed by atoms with E-state index < -0.39 is 0 Å². The number of nitrogen functional groups attached to an aromatic ring is 1. The van der Waals surface area contributed by atoms with Crippen molar-refractivity contribution in [2.45, 2.75) is 38.0 Å². The van der Waals surface area contributed by atoms with Crippen LogP contribution in [0.2, 0.25) is 5.02 Å². The number of nitrogens with one attached hydrogen (secondary N) is 1.